The summed E-state index contributed by atoms with van der Waals surface area (Å²) in [6.45, 7) is 17.6. The van der Waals surface area contributed by atoms with E-state index in [9.17, 15) is 0 Å². The first-order valence-electron chi connectivity index (χ1n) is 23.2. The van der Waals surface area contributed by atoms with E-state index >= 15 is 0 Å². The van der Waals surface area contributed by atoms with Gasteiger partial charge in [-0.1, -0.05) is 126 Å². The molecule has 0 aliphatic heterocycles. The van der Waals surface area contributed by atoms with Crippen LogP contribution in [0.15, 0.2) is 188 Å². The summed E-state index contributed by atoms with van der Waals surface area (Å²) in [5.74, 6) is 0. The van der Waals surface area contributed by atoms with Gasteiger partial charge >= 0.3 is 0 Å². The van der Waals surface area contributed by atoms with Gasteiger partial charge in [-0.15, -0.1) is 0 Å². The molecule has 5 nitrogen and oxygen atoms in total. The Morgan fingerprint density at radius 1 is 0.552 bits per heavy atom. The van der Waals surface area contributed by atoms with Crippen LogP contribution < -0.4 is 9.80 Å². The second-order valence-electron chi connectivity index (χ2n) is 20.7. The molecule has 0 N–H and O–H groups in total. The van der Waals surface area contributed by atoms with Gasteiger partial charge in [-0.05, 0) is 127 Å². The van der Waals surface area contributed by atoms with E-state index in [1.54, 1.807) is 0 Å². The molecule has 3 heterocycles. The van der Waals surface area contributed by atoms with Crippen molar-refractivity contribution in [2.45, 2.75) is 65.7 Å². The van der Waals surface area contributed by atoms with Crippen molar-refractivity contribution < 1.29 is 13.3 Å². The van der Waals surface area contributed by atoms with Gasteiger partial charge in [0, 0.05) is 56.4 Å². The van der Waals surface area contributed by atoms with Crippen LogP contribution in [0.25, 0.3) is 65.8 Å². The highest BCUT2D eigenvalue weighted by molar-refractivity contribution is 8.32. The van der Waals surface area contributed by atoms with Gasteiger partial charge in [0.1, 0.15) is 27.9 Å². The Kier molecular flexibility index (Phi) is 10.8. The van der Waals surface area contributed by atoms with Crippen molar-refractivity contribution >= 4 is 104 Å². The zero-order valence-electron chi connectivity index (χ0n) is 40.6. The maximum Gasteiger partial charge on any atom is 0.160 e. The number of hydrogen-bond donors (Lipinski definition) is 0. The van der Waals surface area contributed by atoms with E-state index in [4.69, 9.17) is 13.3 Å². The molecule has 0 aliphatic carbocycles. The second-order valence-corrected chi connectivity index (χ2v) is 24.8. The molecular formula is C61H60N2O3S. The zero-order chi connectivity index (χ0) is 47.0. The van der Waals surface area contributed by atoms with E-state index in [1.165, 1.54) is 16.0 Å². The van der Waals surface area contributed by atoms with E-state index in [-0.39, 0.29) is 10.8 Å². The lowest BCUT2D eigenvalue weighted by Crippen LogP contribution is -2.15. The maximum absolute atomic E-state index is 7.28. The van der Waals surface area contributed by atoms with Crippen molar-refractivity contribution in [2.24, 2.45) is 5.41 Å². The van der Waals surface area contributed by atoms with Crippen molar-refractivity contribution in [1.29, 1.82) is 0 Å². The van der Waals surface area contributed by atoms with Crippen molar-refractivity contribution in [2.75, 3.05) is 28.6 Å². The monoisotopic (exact) mass is 900 g/mol. The van der Waals surface area contributed by atoms with Gasteiger partial charge in [0.05, 0.1) is 22.1 Å². The first-order chi connectivity index (χ1) is 32.0. The number of para-hydroxylation sites is 2. The first kappa shape index (κ1) is 44.0. The molecule has 0 fully saturated rings. The molecule has 0 unspecified atom stereocenters. The SMILES string of the molecule is C\C=C/C(=C\C=C\C(C)(C)C)N(c1ccc(C)cc1)c1cc2oc3cc(N(c4ccc(C(C)(C)C)cc4)c4ccc(S(C)(C)C)cc4)c4c5ccccc5oc4c3c2c2c1oc1ccccc12. The predicted octanol–water partition coefficient (Wildman–Crippen LogP) is 18.7. The number of aryl methyl sites for hydroxylation is 1. The van der Waals surface area contributed by atoms with Crippen LogP contribution in [0.3, 0.4) is 0 Å². The lowest BCUT2D eigenvalue weighted by atomic mass is 9.87. The van der Waals surface area contributed by atoms with Crippen LogP contribution in [0.1, 0.15) is 59.6 Å². The molecule has 0 radical (unpaired) electrons. The van der Waals surface area contributed by atoms with Gasteiger partial charge in [0.25, 0.3) is 0 Å². The molecule has 0 atom stereocenters. The minimum absolute atomic E-state index is 0.00466. The number of allylic oxidation sites excluding steroid dienone is 5. The molecule has 0 aliphatic rings. The van der Waals surface area contributed by atoms with Gasteiger partial charge < -0.3 is 23.1 Å². The van der Waals surface area contributed by atoms with Crippen LogP contribution in [0.2, 0.25) is 0 Å². The number of furan rings is 3. The summed E-state index contributed by atoms with van der Waals surface area (Å²) in [7, 11) is -0.943. The fourth-order valence-electron chi connectivity index (χ4n) is 9.30. The van der Waals surface area contributed by atoms with Crippen LogP contribution >= 0.6 is 10.0 Å². The normalized spacial score (nSPS) is 13.5. The van der Waals surface area contributed by atoms with E-state index in [2.05, 4.69) is 236 Å². The molecule has 0 bridgehead atoms. The van der Waals surface area contributed by atoms with E-state index in [0.717, 1.165) is 99.9 Å². The zero-order valence-corrected chi connectivity index (χ0v) is 41.4. The summed E-state index contributed by atoms with van der Waals surface area (Å²) in [6, 6.07) is 48.0. The van der Waals surface area contributed by atoms with Gasteiger partial charge in [-0.3, -0.25) is 0 Å². The molecule has 0 saturated carbocycles. The summed E-state index contributed by atoms with van der Waals surface area (Å²) >= 11 is 0. The average Bonchev–Trinajstić information content (AvgIpc) is 3.98. The summed E-state index contributed by atoms with van der Waals surface area (Å²) in [6.07, 6.45) is 17.9. The number of fused-ring (bicyclic) bond motifs is 11. The van der Waals surface area contributed by atoms with Crippen molar-refractivity contribution in [3.63, 3.8) is 0 Å². The Morgan fingerprint density at radius 2 is 1.10 bits per heavy atom. The summed E-state index contributed by atoms with van der Waals surface area (Å²) in [5.41, 5.74) is 13.0. The van der Waals surface area contributed by atoms with Crippen LogP contribution in [0.4, 0.5) is 28.4 Å². The molecule has 3 aromatic heterocycles. The van der Waals surface area contributed by atoms with Crippen LogP contribution in [0, 0.1) is 12.3 Å². The average molecular weight is 901 g/mol. The Bertz CT molecular complexity index is 3520. The standard InChI is InChI=1S/C61H60N2O3S/c1-12-18-41(19-17-36-60(3,4)5)63(42-28-24-39(2)25-29-42)49-38-52-56(55-47-21-14-16-23-51(47)65-58(49)55)57-53(64-52)37-48(54-46-20-13-15-22-50(46)66-59(54)57)62(43-30-26-40(27-31-43)61(6,7)8)44-32-34-45(35-33-44)67(9,10)11/h12-38H,1-11H3/b18-12-,36-17+,41-19+. The van der Waals surface area contributed by atoms with Crippen molar-refractivity contribution in [3.05, 3.63) is 181 Å². The quantitative estimate of drug-likeness (QED) is 0.135. The number of hydrogen-bond acceptors (Lipinski definition) is 5. The highest BCUT2D eigenvalue weighted by Gasteiger charge is 2.30. The number of nitrogens with zero attached hydrogens (tertiary/aromatic N) is 2. The molecule has 0 saturated heterocycles. The predicted molar refractivity (Wildman–Crippen MR) is 290 cm³/mol. The topological polar surface area (TPSA) is 45.9 Å². The molecule has 7 aromatic carbocycles. The van der Waals surface area contributed by atoms with Gasteiger partial charge in [0.2, 0.25) is 0 Å². The Morgan fingerprint density at radius 3 is 1.70 bits per heavy atom. The molecule has 10 aromatic rings. The number of rotatable bonds is 9. The van der Waals surface area contributed by atoms with E-state index < -0.39 is 10.0 Å². The third-order valence-corrected chi connectivity index (χ3v) is 14.4. The third-order valence-electron chi connectivity index (χ3n) is 12.7. The number of benzene rings is 7. The number of anilines is 5. The van der Waals surface area contributed by atoms with Crippen LogP contribution in [0.5, 0.6) is 0 Å². The molecule has 6 heteroatoms. The fraction of sp³-hybridized carbons (Fsp3) is 0.213. The fourth-order valence-corrected chi connectivity index (χ4v) is 10.2. The smallest absolute Gasteiger partial charge is 0.160 e. The highest BCUT2D eigenvalue weighted by atomic mass is 32.3. The summed E-state index contributed by atoms with van der Waals surface area (Å²) < 4.78 is 21.4. The maximum atomic E-state index is 7.28. The largest absolute Gasteiger partial charge is 0.456 e. The minimum Gasteiger partial charge on any atom is -0.456 e. The van der Waals surface area contributed by atoms with Crippen LogP contribution in [-0.2, 0) is 5.41 Å². The highest BCUT2D eigenvalue weighted by Crippen LogP contribution is 2.53. The molecular weight excluding hydrogens is 841 g/mol. The molecule has 67 heavy (non-hydrogen) atoms. The molecule has 338 valence electrons. The lowest BCUT2D eigenvalue weighted by Gasteiger charge is -2.29. The summed E-state index contributed by atoms with van der Waals surface area (Å²) in [4.78, 5) is 6.02. The third kappa shape index (κ3) is 8.01. The van der Waals surface area contributed by atoms with Crippen LogP contribution in [-0.4, -0.2) is 18.8 Å². The Labute approximate surface area is 396 Å². The van der Waals surface area contributed by atoms with Gasteiger partial charge in [-0.25, -0.2) is 10.0 Å². The Balaban J connectivity index is 1.32. The lowest BCUT2D eigenvalue weighted by molar-refractivity contribution is 0.544. The van der Waals surface area contributed by atoms with Gasteiger partial charge in [-0.2, -0.15) is 0 Å². The van der Waals surface area contributed by atoms with E-state index in [1.807, 2.05) is 12.1 Å². The van der Waals surface area contributed by atoms with Crippen molar-refractivity contribution in [1.82, 2.24) is 0 Å². The van der Waals surface area contributed by atoms with Crippen molar-refractivity contribution in [3.8, 4) is 0 Å². The second kappa shape index (κ2) is 16.5. The Hall–Kier alpha value is -6.89. The minimum atomic E-state index is -0.943. The molecule has 0 amide bonds. The molecule has 10 rings (SSSR count). The molecule has 0 spiro atoms. The van der Waals surface area contributed by atoms with Gasteiger partial charge in [0.15, 0.2) is 5.58 Å². The summed E-state index contributed by atoms with van der Waals surface area (Å²) in [5, 5.41) is 5.92. The first-order valence-corrected chi connectivity index (χ1v) is 26.1. The van der Waals surface area contributed by atoms with E-state index in [0.29, 0.717) is 0 Å².